The Morgan fingerprint density at radius 2 is 1.56 bits per heavy atom. The highest BCUT2D eigenvalue weighted by Crippen LogP contribution is 2.52. The van der Waals surface area contributed by atoms with Crippen molar-refractivity contribution in [3.8, 4) is 0 Å². The van der Waals surface area contributed by atoms with Crippen LogP contribution in [0.3, 0.4) is 0 Å². The van der Waals surface area contributed by atoms with E-state index in [0.29, 0.717) is 12.2 Å². The van der Waals surface area contributed by atoms with Crippen LogP contribution in [0.25, 0.3) is 0 Å². The number of rotatable bonds is 6. The molecule has 2 rings (SSSR count). The first-order valence-electron chi connectivity index (χ1n) is 9.67. The smallest absolute Gasteiger partial charge is 0.426 e. The molecule has 2 aliphatic heterocycles. The predicted octanol–water partition coefficient (Wildman–Crippen LogP) is 5.58. The SMILES string of the molecule is CC(C)C1OC(=O)O[C@@]1(C)C(C)(C)CCC(C)(C)C1OC1C(C)(C)C. The molecule has 0 N–H and O–H groups in total. The number of carbonyl (C=O) groups excluding carboxylic acids is 1. The molecule has 4 nitrogen and oxygen atoms in total. The van der Waals surface area contributed by atoms with E-state index >= 15 is 0 Å². The second kappa shape index (κ2) is 6.14. The highest BCUT2D eigenvalue weighted by atomic mass is 16.8. The van der Waals surface area contributed by atoms with E-state index in [1.165, 1.54) is 0 Å². The summed E-state index contributed by atoms with van der Waals surface area (Å²) in [5, 5.41) is 0. The molecule has 0 amide bonds. The lowest BCUT2D eigenvalue weighted by Gasteiger charge is -2.44. The number of epoxide rings is 1. The molecule has 0 aromatic carbocycles. The van der Waals surface area contributed by atoms with Gasteiger partial charge in [-0.1, -0.05) is 62.3 Å². The lowest BCUT2D eigenvalue weighted by atomic mass is 9.65. The molecule has 0 aromatic heterocycles. The number of carbonyl (C=O) groups is 1. The third-order valence-corrected chi connectivity index (χ3v) is 6.52. The van der Waals surface area contributed by atoms with Gasteiger partial charge in [0.1, 0.15) is 6.10 Å². The van der Waals surface area contributed by atoms with Crippen LogP contribution in [0.4, 0.5) is 4.79 Å². The summed E-state index contributed by atoms with van der Waals surface area (Å²) in [4.78, 5) is 11.8. The van der Waals surface area contributed by atoms with E-state index in [1.807, 2.05) is 6.92 Å². The summed E-state index contributed by atoms with van der Waals surface area (Å²) in [5.41, 5.74) is -0.511. The summed E-state index contributed by atoms with van der Waals surface area (Å²) in [5.74, 6) is 0.223. The number of cyclic esters (lactones) is 2. The van der Waals surface area contributed by atoms with Gasteiger partial charge in [-0.3, -0.25) is 0 Å². The number of ether oxygens (including phenoxy) is 3. The Bertz CT molecular complexity index is 514. The van der Waals surface area contributed by atoms with Gasteiger partial charge in [0.05, 0.1) is 12.2 Å². The monoisotopic (exact) mass is 354 g/mol. The Balaban J connectivity index is 2.07. The number of hydrogen-bond acceptors (Lipinski definition) is 4. The maximum Gasteiger partial charge on any atom is 0.509 e. The van der Waals surface area contributed by atoms with E-state index in [1.54, 1.807) is 0 Å². The molecule has 2 heterocycles. The molecule has 4 atom stereocenters. The minimum Gasteiger partial charge on any atom is -0.426 e. The normalized spacial score (nSPS) is 33.4. The van der Waals surface area contributed by atoms with Gasteiger partial charge >= 0.3 is 6.16 Å². The molecule has 0 bridgehead atoms. The Hall–Kier alpha value is -0.770. The largest absolute Gasteiger partial charge is 0.509 e. The Morgan fingerprint density at radius 1 is 1.00 bits per heavy atom. The van der Waals surface area contributed by atoms with Crippen LogP contribution >= 0.6 is 0 Å². The van der Waals surface area contributed by atoms with Gasteiger partial charge in [0.2, 0.25) is 0 Å². The zero-order valence-corrected chi connectivity index (χ0v) is 17.9. The number of hydrogen-bond donors (Lipinski definition) is 0. The van der Waals surface area contributed by atoms with Crippen molar-refractivity contribution in [2.24, 2.45) is 22.2 Å². The molecule has 4 heteroatoms. The van der Waals surface area contributed by atoms with Gasteiger partial charge < -0.3 is 14.2 Å². The third kappa shape index (κ3) is 3.84. The third-order valence-electron chi connectivity index (χ3n) is 6.52. The first kappa shape index (κ1) is 20.5. The molecule has 0 radical (unpaired) electrons. The second-order valence-electron chi connectivity index (χ2n) is 11.0. The van der Waals surface area contributed by atoms with Crippen LogP contribution in [0, 0.1) is 22.2 Å². The molecule has 0 spiro atoms. The predicted molar refractivity (Wildman–Crippen MR) is 99.5 cm³/mol. The van der Waals surface area contributed by atoms with E-state index in [4.69, 9.17) is 14.2 Å². The van der Waals surface area contributed by atoms with Crippen molar-refractivity contribution in [1.29, 1.82) is 0 Å². The first-order valence-corrected chi connectivity index (χ1v) is 9.67. The highest BCUT2D eigenvalue weighted by molar-refractivity contribution is 5.63. The van der Waals surface area contributed by atoms with Crippen molar-refractivity contribution in [3.63, 3.8) is 0 Å². The maximum absolute atomic E-state index is 11.8. The molecule has 2 fully saturated rings. The average molecular weight is 355 g/mol. The lowest BCUT2D eigenvalue weighted by molar-refractivity contribution is -0.0778. The molecule has 146 valence electrons. The van der Waals surface area contributed by atoms with Crippen molar-refractivity contribution in [3.05, 3.63) is 0 Å². The summed E-state index contributed by atoms with van der Waals surface area (Å²) in [7, 11) is 0. The van der Waals surface area contributed by atoms with E-state index in [-0.39, 0.29) is 28.3 Å². The fourth-order valence-corrected chi connectivity index (χ4v) is 4.16. The Labute approximate surface area is 154 Å². The zero-order chi connectivity index (χ0) is 19.4. The molecular formula is C21H38O4. The molecule has 0 aliphatic carbocycles. The molecule has 25 heavy (non-hydrogen) atoms. The average Bonchev–Trinajstić information content (AvgIpc) is 3.18. The molecule has 2 aliphatic rings. The van der Waals surface area contributed by atoms with Gasteiger partial charge in [0.25, 0.3) is 0 Å². The fraction of sp³-hybridized carbons (Fsp3) is 0.952. The molecule has 2 saturated heterocycles. The van der Waals surface area contributed by atoms with Crippen LogP contribution in [-0.4, -0.2) is 30.1 Å². The minimum absolute atomic E-state index is 0.0996. The zero-order valence-electron chi connectivity index (χ0n) is 17.9. The summed E-state index contributed by atoms with van der Waals surface area (Å²) in [6.45, 7) is 21.9. The van der Waals surface area contributed by atoms with Crippen molar-refractivity contribution in [2.45, 2.75) is 106 Å². The standard InChI is InChI=1S/C21H38O4/c1-13(2)14-21(10,25-17(22)24-14)20(8,9)12-11-19(6,7)16-15(23-16)18(3,4)5/h13-16H,11-12H2,1-10H3/t14?,15?,16?,21-/m1/s1. The van der Waals surface area contributed by atoms with Crippen LogP contribution in [0.5, 0.6) is 0 Å². The maximum atomic E-state index is 11.8. The van der Waals surface area contributed by atoms with Gasteiger partial charge in [-0.2, -0.15) is 0 Å². The summed E-state index contributed by atoms with van der Waals surface area (Å²) >= 11 is 0. The van der Waals surface area contributed by atoms with Crippen molar-refractivity contribution >= 4 is 6.16 Å². The van der Waals surface area contributed by atoms with E-state index in [9.17, 15) is 4.79 Å². The first-order chi connectivity index (χ1) is 11.1. The fourth-order valence-electron chi connectivity index (χ4n) is 4.16. The quantitative estimate of drug-likeness (QED) is 0.461. The van der Waals surface area contributed by atoms with Crippen LogP contribution in [0.15, 0.2) is 0 Å². The molecule has 0 aromatic rings. The van der Waals surface area contributed by atoms with Crippen LogP contribution in [0.1, 0.15) is 82.1 Å². The second-order valence-corrected chi connectivity index (χ2v) is 11.0. The van der Waals surface area contributed by atoms with Gasteiger partial charge in [0.15, 0.2) is 5.60 Å². The topological polar surface area (TPSA) is 48.1 Å². The van der Waals surface area contributed by atoms with Gasteiger partial charge in [-0.25, -0.2) is 4.79 Å². The summed E-state index contributed by atoms with van der Waals surface area (Å²) < 4.78 is 17.2. The van der Waals surface area contributed by atoms with Gasteiger partial charge in [0, 0.05) is 5.41 Å². The molecule has 3 unspecified atom stereocenters. The van der Waals surface area contributed by atoms with Crippen LogP contribution in [0.2, 0.25) is 0 Å². The molecule has 0 saturated carbocycles. The Morgan fingerprint density at radius 3 is 2.00 bits per heavy atom. The van der Waals surface area contributed by atoms with Crippen molar-refractivity contribution in [1.82, 2.24) is 0 Å². The minimum atomic E-state index is -0.609. The highest BCUT2D eigenvalue weighted by Gasteiger charge is 2.59. The van der Waals surface area contributed by atoms with Crippen molar-refractivity contribution < 1.29 is 19.0 Å². The lowest BCUT2D eigenvalue weighted by Crippen LogP contribution is -2.52. The van der Waals surface area contributed by atoms with E-state index in [0.717, 1.165) is 12.8 Å². The van der Waals surface area contributed by atoms with E-state index < -0.39 is 11.8 Å². The summed E-state index contributed by atoms with van der Waals surface area (Å²) in [6, 6.07) is 0. The van der Waals surface area contributed by atoms with Crippen LogP contribution < -0.4 is 0 Å². The van der Waals surface area contributed by atoms with Gasteiger partial charge in [-0.05, 0) is 36.5 Å². The summed E-state index contributed by atoms with van der Waals surface area (Å²) in [6.07, 6.45) is 1.86. The molecular weight excluding hydrogens is 316 g/mol. The Kier molecular flexibility index (Phi) is 5.05. The van der Waals surface area contributed by atoms with Crippen molar-refractivity contribution in [2.75, 3.05) is 0 Å². The van der Waals surface area contributed by atoms with Gasteiger partial charge in [-0.15, -0.1) is 0 Å². The van der Waals surface area contributed by atoms with Crippen LogP contribution in [-0.2, 0) is 14.2 Å². The van der Waals surface area contributed by atoms with E-state index in [2.05, 4.69) is 62.3 Å².